The summed E-state index contributed by atoms with van der Waals surface area (Å²) < 4.78 is 33.4. The van der Waals surface area contributed by atoms with Gasteiger partial charge < -0.3 is 20.3 Å². The van der Waals surface area contributed by atoms with Crippen LogP contribution < -0.4 is 15.4 Å². The lowest BCUT2D eigenvalue weighted by atomic mass is 9.79. The van der Waals surface area contributed by atoms with Gasteiger partial charge in [0.05, 0.1) is 12.0 Å². The molecule has 3 rings (SSSR count). The fourth-order valence-electron chi connectivity index (χ4n) is 5.87. The standard InChI is InChI=1S/C30H46N4O4S/c1-21-20-27(38-7)22(2)23(3)29(21)39(36,37)34(6)19-11-18-31-30(35)32-26-16-14-25(15-17-26)28(33(4)5)24-12-9-8-10-13-24/h8-10,12-13,20,25-26,28H,11,14-19H2,1-7H3,(H2,31,32,35). The van der Waals surface area contributed by atoms with Crippen molar-refractivity contribution in [2.75, 3.05) is 41.3 Å². The molecule has 0 radical (unpaired) electrons. The Morgan fingerprint density at radius 1 is 1.03 bits per heavy atom. The summed E-state index contributed by atoms with van der Waals surface area (Å²) in [6.07, 6.45) is 4.56. The molecule has 1 unspecified atom stereocenters. The number of nitrogens with zero attached hydrogens (tertiary/aromatic N) is 2. The minimum atomic E-state index is -3.66. The highest BCUT2D eigenvalue weighted by Crippen LogP contribution is 2.37. The van der Waals surface area contributed by atoms with Crippen molar-refractivity contribution in [3.05, 3.63) is 58.7 Å². The number of methoxy groups -OCH3 is 1. The maximum atomic E-state index is 13.3. The van der Waals surface area contributed by atoms with Crippen LogP contribution in [-0.4, -0.2) is 71.0 Å². The molecule has 0 heterocycles. The number of nitrogens with one attached hydrogen (secondary N) is 2. The Balaban J connectivity index is 1.45. The third kappa shape index (κ3) is 7.52. The Bertz CT molecular complexity index is 1210. The summed E-state index contributed by atoms with van der Waals surface area (Å²) in [5.41, 5.74) is 3.53. The van der Waals surface area contributed by atoms with Gasteiger partial charge in [-0.15, -0.1) is 0 Å². The molecule has 0 saturated heterocycles. The van der Waals surface area contributed by atoms with Gasteiger partial charge in [0.1, 0.15) is 5.75 Å². The lowest BCUT2D eigenvalue weighted by Gasteiger charge is -2.37. The van der Waals surface area contributed by atoms with Crippen molar-refractivity contribution in [1.82, 2.24) is 19.8 Å². The van der Waals surface area contributed by atoms with Crippen LogP contribution in [0.4, 0.5) is 4.79 Å². The molecule has 0 spiro atoms. The quantitative estimate of drug-likeness (QED) is 0.387. The Morgan fingerprint density at radius 3 is 2.26 bits per heavy atom. The van der Waals surface area contributed by atoms with E-state index in [0.717, 1.165) is 31.2 Å². The highest BCUT2D eigenvalue weighted by atomic mass is 32.2. The van der Waals surface area contributed by atoms with Crippen LogP contribution in [-0.2, 0) is 10.0 Å². The van der Waals surface area contributed by atoms with E-state index in [1.54, 1.807) is 27.1 Å². The van der Waals surface area contributed by atoms with E-state index in [0.29, 0.717) is 53.2 Å². The van der Waals surface area contributed by atoms with Crippen LogP contribution in [0.5, 0.6) is 5.75 Å². The molecule has 0 bridgehead atoms. The van der Waals surface area contributed by atoms with Crippen LogP contribution >= 0.6 is 0 Å². The largest absolute Gasteiger partial charge is 0.496 e. The first-order valence-electron chi connectivity index (χ1n) is 13.8. The number of ether oxygens (including phenoxy) is 1. The van der Waals surface area contributed by atoms with Gasteiger partial charge in [-0.2, -0.15) is 0 Å². The van der Waals surface area contributed by atoms with E-state index in [4.69, 9.17) is 4.74 Å². The molecule has 2 amide bonds. The van der Waals surface area contributed by atoms with Gasteiger partial charge in [-0.3, -0.25) is 0 Å². The number of benzene rings is 2. The summed E-state index contributed by atoms with van der Waals surface area (Å²) in [6, 6.07) is 12.8. The number of rotatable bonds is 11. The number of hydrogen-bond acceptors (Lipinski definition) is 5. The zero-order valence-electron chi connectivity index (χ0n) is 24.6. The Kier molecular flexibility index (Phi) is 10.8. The van der Waals surface area contributed by atoms with Gasteiger partial charge in [-0.1, -0.05) is 30.3 Å². The number of carbonyl (C=O) groups excluding carboxylic acids is 1. The summed E-state index contributed by atoms with van der Waals surface area (Å²) in [5.74, 6) is 1.24. The van der Waals surface area contributed by atoms with Crippen molar-refractivity contribution in [2.45, 2.75) is 69.9 Å². The molecule has 1 aliphatic carbocycles. The number of sulfonamides is 1. The van der Waals surface area contributed by atoms with Crippen molar-refractivity contribution in [1.29, 1.82) is 0 Å². The number of amides is 2. The lowest BCUT2D eigenvalue weighted by molar-refractivity contribution is 0.157. The Labute approximate surface area is 235 Å². The molecule has 8 nitrogen and oxygen atoms in total. The van der Waals surface area contributed by atoms with Crippen LogP contribution in [0.3, 0.4) is 0 Å². The van der Waals surface area contributed by atoms with Gasteiger partial charge in [0, 0.05) is 32.2 Å². The van der Waals surface area contributed by atoms with Crippen LogP contribution in [0, 0.1) is 26.7 Å². The highest BCUT2D eigenvalue weighted by Gasteiger charge is 2.30. The van der Waals surface area contributed by atoms with E-state index in [1.165, 1.54) is 9.87 Å². The summed E-state index contributed by atoms with van der Waals surface area (Å²) in [5, 5.41) is 6.02. The lowest BCUT2D eigenvalue weighted by Crippen LogP contribution is -2.45. The van der Waals surface area contributed by atoms with E-state index in [-0.39, 0.29) is 12.1 Å². The second kappa shape index (κ2) is 13.6. The zero-order chi connectivity index (χ0) is 28.7. The second-order valence-corrected chi connectivity index (χ2v) is 13.0. The third-order valence-corrected chi connectivity index (χ3v) is 10.2. The number of urea groups is 1. The van der Waals surface area contributed by atoms with Crippen molar-refractivity contribution in [3.63, 3.8) is 0 Å². The molecule has 9 heteroatoms. The van der Waals surface area contributed by atoms with E-state index in [2.05, 4.69) is 60.0 Å². The molecule has 2 N–H and O–H groups in total. The van der Waals surface area contributed by atoms with E-state index < -0.39 is 10.0 Å². The maximum Gasteiger partial charge on any atom is 0.315 e. The fourth-order valence-corrected chi connectivity index (χ4v) is 7.55. The minimum Gasteiger partial charge on any atom is -0.496 e. The normalized spacial score (nSPS) is 18.7. The van der Waals surface area contributed by atoms with Gasteiger partial charge in [0.2, 0.25) is 10.0 Å². The molecule has 216 valence electrons. The first kappa shape index (κ1) is 30.9. The predicted molar refractivity (Wildman–Crippen MR) is 157 cm³/mol. The first-order chi connectivity index (χ1) is 18.5. The fraction of sp³-hybridized carbons (Fsp3) is 0.567. The molecule has 2 aromatic rings. The maximum absolute atomic E-state index is 13.3. The van der Waals surface area contributed by atoms with Crippen LogP contribution in [0.2, 0.25) is 0 Å². The molecule has 0 aromatic heterocycles. The SMILES string of the molecule is COc1cc(C)c(S(=O)(=O)N(C)CCCNC(=O)NC2CCC(C(c3ccccc3)N(C)C)CC2)c(C)c1C. The van der Waals surface area contributed by atoms with Crippen LogP contribution in [0.25, 0.3) is 0 Å². The number of hydrogen-bond donors (Lipinski definition) is 2. The summed E-state index contributed by atoms with van der Waals surface area (Å²) >= 11 is 0. The molecule has 1 atom stereocenters. The van der Waals surface area contributed by atoms with Crippen molar-refractivity contribution < 1.29 is 17.9 Å². The predicted octanol–water partition coefficient (Wildman–Crippen LogP) is 4.79. The molecule has 1 fully saturated rings. The minimum absolute atomic E-state index is 0.159. The van der Waals surface area contributed by atoms with Gasteiger partial charge in [0.25, 0.3) is 0 Å². The number of carbonyl (C=O) groups is 1. The molecule has 1 aliphatic rings. The van der Waals surface area contributed by atoms with Gasteiger partial charge >= 0.3 is 6.03 Å². The van der Waals surface area contributed by atoms with E-state index in [1.807, 2.05) is 13.8 Å². The van der Waals surface area contributed by atoms with Crippen molar-refractivity contribution >= 4 is 16.1 Å². The zero-order valence-corrected chi connectivity index (χ0v) is 25.4. The first-order valence-corrected chi connectivity index (χ1v) is 15.3. The highest BCUT2D eigenvalue weighted by molar-refractivity contribution is 7.89. The smallest absolute Gasteiger partial charge is 0.315 e. The van der Waals surface area contributed by atoms with E-state index in [9.17, 15) is 13.2 Å². The number of aryl methyl sites for hydroxylation is 1. The summed E-state index contributed by atoms with van der Waals surface area (Å²) in [7, 11) is 3.78. The molecule has 2 aromatic carbocycles. The topological polar surface area (TPSA) is 91.0 Å². The van der Waals surface area contributed by atoms with Gasteiger partial charge in [-0.25, -0.2) is 17.5 Å². The average molecular weight is 559 g/mol. The Hall–Kier alpha value is -2.62. The van der Waals surface area contributed by atoms with Gasteiger partial charge in [0.15, 0.2) is 0 Å². The molecule has 0 aliphatic heterocycles. The summed E-state index contributed by atoms with van der Waals surface area (Å²) in [6.45, 7) is 6.18. The van der Waals surface area contributed by atoms with Gasteiger partial charge in [-0.05, 0) is 101 Å². The van der Waals surface area contributed by atoms with Crippen molar-refractivity contribution in [3.8, 4) is 5.75 Å². The van der Waals surface area contributed by atoms with Crippen LogP contribution in [0.15, 0.2) is 41.3 Å². The molecular formula is C30H46N4O4S. The molecule has 1 saturated carbocycles. The summed E-state index contributed by atoms with van der Waals surface area (Å²) in [4.78, 5) is 15.2. The Morgan fingerprint density at radius 2 is 1.67 bits per heavy atom. The second-order valence-electron chi connectivity index (χ2n) is 11.0. The average Bonchev–Trinajstić information content (AvgIpc) is 2.90. The van der Waals surface area contributed by atoms with Crippen LogP contribution in [0.1, 0.15) is 60.4 Å². The monoisotopic (exact) mass is 558 g/mol. The molecule has 39 heavy (non-hydrogen) atoms. The van der Waals surface area contributed by atoms with E-state index >= 15 is 0 Å². The van der Waals surface area contributed by atoms with Crippen molar-refractivity contribution in [2.24, 2.45) is 5.92 Å². The molecular weight excluding hydrogens is 512 g/mol. The third-order valence-electron chi connectivity index (χ3n) is 8.05.